The second-order valence-electron chi connectivity index (χ2n) is 2.86. The average Bonchev–Trinajstić information content (AvgIpc) is 2.71. The number of hydrogen-bond donors (Lipinski definition) is 2. The summed E-state index contributed by atoms with van der Waals surface area (Å²) in [6.07, 6.45) is 6.12. The molecule has 0 saturated heterocycles. The molecule has 1 atom stereocenters. The van der Waals surface area contributed by atoms with Crippen molar-refractivity contribution in [2.75, 3.05) is 0 Å². The van der Waals surface area contributed by atoms with Crippen molar-refractivity contribution in [2.45, 2.75) is 18.9 Å². The van der Waals surface area contributed by atoms with Gasteiger partial charge in [0.2, 0.25) is 0 Å². The van der Waals surface area contributed by atoms with Crippen molar-refractivity contribution in [1.29, 1.82) is 0 Å². The molecule has 2 aliphatic rings. The van der Waals surface area contributed by atoms with Gasteiger partial charge in [-0.3, -0.25) is 10.2 Å². The Morgan fingerprint density at radius 3 is 2.80 bits per heavy atom. The smallest absolute Gasteiger partial charge is 0.257 e. The van der Waals surface area contributed by atoms with Crippen LogP contribution in [0.4, 0.5) is 0 Å². The van der Waals surface area contributed by atoms with Crippen LogP contribution in [-0.2, 0) is 4.79 Å². The number of hydrogen-bond acceptors (Lipinski definition) is 2. The molecule has 2 N–H and O–H groups in total. The highest BCUT2D eigenvalue weighted by Crippen LogP contribution is 2.33. The molecule has 1 saturated carbocycles. The number of hydrazine groups is 1. The Hall–Kier alpha value is -0.830. The van der Waals surface area contributed by atoms with E-state index in [2.05, 4.69) is 10.9 Å². The lowest BCUT2D eigenvalue weighted by atomic mass is 10.1. The van der Waals surface area contributed by atoms with Crippen molar-refractivity contribution in [3.05, 3.63) is 12.2 Å². The van der Waals surface area contributed by atoms with E-state index in [0.717, 1.165) is 5.92 Å². The number of carbonyl (C=O) groups is 1. The van der Waals surface area contributed by atoms with Gasteiger partial charge >= 0.3 is 0 Å². The minimum atomic E-state index is -0.0445. The quantitative estimate of drug-likeness (QED) is 0.533. The molecule has 1 amide bonds. The molecule has 54 valence electrons. The van der Waals surface area contributed by atoms with E-state index >= 15 is 0 Å². The van der Waals surface area contributed by atoms with Crippen molar-refractivity contribution in [2.24, 2.45) is 5.92 Å². The van der Waals surface area contributed by atoms with Crippen LogP contribution in [0.5, 0.6) is 0 Å². The molecular formula is C7H10N2O. The van der Waals surface area contributed by atoms with Crippen molar-refractivity contribution in [1.82, 2.24) is 10.9 Å². The second-order valence-corrected chi connectivity index (χ2v) is 2.86. The first-order valence-corrected chi connectivity index (χ1v) is 3.60. The van der Waals surface area contributed by atoms with Crippen LogP contribution >= 0.6 is 0 Å². The van der Waals surface area contributed by atoms with Gasteiger partial charge in [0.05, 0.1) is 0 Å². The van der Waals surface area contributed by atoms with Crippen molar-refractivity contribution >= 4 is 5.91 Å². The monoisotopic (exact) mass is 138 g/mol. The van der Waals surface area contributed by atoms with Gasteiger partial charge in [-0.25, -0.2) is 5.43 Å². The first-order chi connectivity index (χ1) is 4.86. The third kappa shape index (κ3) is 1.04. The molecular weight excluding hydrogens is 128 g/mol. The maximum absolute atomic E-state index is 10.6. The van der Waals surface area contributed by atoms with E-state index < -0.39 is 0 Å². The van der Waals surface area contributed by atoms with Gasteiger partial charge in [0.25, 0.3) is 5.91 Å². The molecule has 0 aromatic rings. The largest absolute Gasteiger partial charge is 0.287 e. The first kappa shape index (κ1) is 5.92. The molecule has 10 heavy (non-hydrogen) atoms. The van der Waals surface area contributed by atoms with Crippen LogP contribution in [0, 0.1) is 5.92 Å². The number of carbonyl (C=O) groups excluding carboxylic acids is 1. The molecule has 1 heterocycles. The van der Waals surface area contributed by atoms with Gasteiger partial charge in [-0.1, -0.05) is 6.08 Å². The molecule has 1 aliphatic carbocycles. The van der Waals surface area contributed by atoms with E-state index in [1.54, 1.807) is 6.08 Å². The Bertz CT molecular complexity index is 184. The second kappa shape index (κ2) is 2.09. The van der Waals surface area contributed by atoms with Crippen LogP contribution in [0.3, 0.4) is 0 Å². The van der Waals surface area contributed by atoms with E-state index in [1.165, 1.54) is 12.8 Å². The summed E-state index contributed by atoms with van der Waals surface area (Å²) >= 11 is 0. The summed E-state index contributed by atoms with van der Waals surface area (Å²) in [5.41, 5.74) is 5.52. The molecule has 3 nitrogen and oxygen atoms in total. The summed E-state index contributed by atoms with van der Waals surface area (Å²) in [6, 6.07) is 0.387. The van der Waals surface area contributed by atoms with E-state index in [0.29, 0.717) is 6.04 Å². The van der Waals surface area contributed by atoms with Crippen LogP contribution in [0.25, 0.3) is 0 Å². The lowest BCUT2D eigenvalue weighted by Crippen LogP contribution is -2.47. The zero-order valence-corrected chi connectivity index (χ0v) is 5.63. The van der Waals surface area contributed by atoms with E-state index in [4.69, 9.17) is 0 Å². The Kier molecular flexibility index (Phi) is 1.24. The molecule has 1 aliphatic heterocycles. The zero-order valence-electron chi connectivity index (χ0n) is 5.63. The van der Waals surface area contributed by atoms with Crippen LogP contribution < -0.4 is 10.9 Å². The Labute approximate surface area is 59.5 Å². The lowest BCUT2D eigenvalue weighted by molar-refractivity contribution is -0.118. The molecule has 0 aromatic heterocycles. The Morgan fingerprint density at radius 2 is 2.30 bits per heavy atom. The average molecular weight is 138 g/mol. The standard InChI is InChI=1S/C7H10N2O/c10-7-4-3-6(8-9-7)5-1-2-5/h3-6,8H,1-2H2,(H,9,10)/t6-/m0/s1. The fourth-order valence-electron chi connectivity index (χ4n) is 1.17. The van der Waals surface area contributed by atoms with Crippen LogP contribution in [0.1, 0.15) is 12.8 Å². The Balaban J connectivity index is 1.99. The summed E-state index contributed by atoms with van der Waals surface area (Å²) in [4.78, 5) is 10.6. The predicted octanol–water partition coefficient (Wildman–Crippen LogP) is -0.0444. The highest BCUT2D eigenvalue weighted by molar-refractivity contribution is 5.87. The third-order valence-electron chi connectivity index (χ3n) is 1.95. The summed E-state index contributed by atoms with van der Waals surface area (Å²) < 4.78 is 0. The van der Waals surface area contributed by atoms with Crippen molar-refractivity contribution < 1.29 is 4.79 Å². The van der Waals surface area contributed by atoms with Crippen LogP contribution in [0.15, 0.2) is 12.2 Å². The number of nitrogens with one attached hydrogen (secondary N) is 2. The van der Waals surface area contributed by atoms with Crippen molar-refractivity contribution in [3.63, 3.8) is 0 Å². The Morgan fingerprint density at radius 1 is 1.50 bits per heavy atom. The molecule has 3 heteroatoms. The number of amides is 1. The summed E-state index contributed by atoms with van der Waals surface area (Å²) in [5.74, 6) is 0.716. The first-order valence-electron chi connectivity index (χ1n) is 3.60. The normalized spacial score (nSPS) is 32.0. The zero-order chi connectivity index (χ0) is 6.97. The van der Waals surface area contributed by atoms with Gasteiger partial charge in [-0.05, 0) is 18.8 Å². The molecule has 1 fully saturated rings. The number of rotatable bonds is 1. The summed E-state index contributed by atoms with van der Waals surface area (Å²) in [5, 5.41) is 0. The summed E-state index contributed by atoms with van der Waals surface area (Å²) in [7, 11) is 0. The van der Waals surface area contributed by atoms with Gasteiger partial charge in [0.1, 0.15) is 0 Å². The maximum Gasteiger partial charge on any atom is 0.257 e. The van der Waals surface area contributed by atoms with Gasteiger partial charge in [-0.15, -0.1) is 0 Å². The molecule has 0 aromatic carbocycles. The van der Waals surface area contributed by atoms with E-state index in [1.807, 2.05) is 6.08 Å². The van der Waals surface area contributed by atoms with Gasteiger partial charge in [0.15, 0.2) is 0 Å². The highest BCUT2D eigenvalue weighted by atomic mass is 16.2. The van der Waals surface area contributed by atoms with Crippen LogP contribution in [-0.4, -0.2) is 11.9 Å². The molecule has 0 bridgehead atoms. The summed E-state index contributed by atoms with van der Waals surface area (Å²) in [6.45, 7) is 0. The van der Waals surface area contributed by atoms with Gasteiger partial charge in [-0.2, -0.15) is 0 Å². The third-order valence-corrected chi connectivity index (χ3v) is 1.95. The predicted molar refractivity (Wildman–Crippen MR) is 36.9 cm³/mol. The van der Waals surface area contributed by atoms with Gasteiger partial charge < -0.3 is 0 Å². The SMILES string of the molecule is O=C1C=C[C@@H](C2CC2)NN1. The lowest BCUT2D eigenvalue weighted by Gasteiger charge is -2.17. The fraction of sp³-hybridized carbons (Fsp3) is 0.571. The minimum absolute atomic E-state index is 0.0445. The molecule has 0 spiro atoms. The molecule has 0 unspecified atom stereocenters. The fourth-order valence-corrected chi connectivity index (χ4v) is 1.17. The van der Waals surface area contributed by atoms with E-state index in [-0.39, 0.29) is 5.91 Å². The van der Waals surface area contributed by atoms with E-state index in [9.17, 15) is 4.79 Å². The van der Waals surface area contributed by atoms with Crippen LogP contribution in [0.2, 0.25) is 0 Å². The highest BCUT2D eigenvalue weighted by Gasteiger charge is 2.30. The molecule has 2 rings (SSSR count). The minimum Gasteiger partial charge on any atom is -0.287 e. The maximum atomic E-state index is 10.6. The van der Waals surface area contributed by atoms with Crippen molar-refractivity contribution in [3.8, 4) is 0 Å². The van der Waals surface area contributed by atoms with Gasteiger partial charge in [0, 0.05) is 12.1 Å². The molecule has 0 radical (unpaired) electrons. The topological polar surface area (TPSA) is 41.1 Å².